The van der Waals surface area contributed by atoms with E-state index < -0.39 is 27.8 Å². The summed E-state index contributed by atoms with van der Waals surface area (Å²) in [6.45, 7) is 0. The predicted molar refractivity (Wildman–Crippen MR) is 137 cm³/mol. The summed E-state index contributed by atoms with van der Waals surface area (Å²) in [6.07, 6.45) is -0.202. The summed E-state index contributed by atoms with van der Waals surface area (Å²) in [5, 5.41) is 14.1. The number of pyridine rings is 1. The van der Waals surface area contributed by atoms with Crippen LogP contribution in [0.25, 0.3) is 26.7 Å². The normalized spacial score (nSPS) is 13.1. The number of aliphatic hydroxyl groups is 1. The van der Waals surface area contributed by atoms with Crippen LogP contribution in [0, 0.1) is 5.82 Å². The minimum Gasteiger partial charge on any atom is -0.360 e. The third-order valence-corrected chi connectivity index (χ3v) is 9.69. The van der Waals surface area contributed by atoms with Crippen molar-refractivity contribution in [1.82, 2.24) is 13.9 Å². The van der Waals surface area contributed by atoms with Gasteiger partial charge in [-0.2, -0.15) is 4.31 Å². The number of aliphatic hydroxyl groups excluding tert-OH is 1. The van der Waals surface area contributed by atoms with Crippen molar-refractivity contribution in [3.8, 4) is 5.69 Å². The van der Waals surface area contributed by atoms with Crippen LogP contribution < -0.4 is 10.9 Å². The van der Waals surface area contributed by atoms with Gasteiger partial charge >= 0.3 is 0 Å². The third-order valence-electron chi connectivity index (χ3n) is 5.38. The number of nitrogens with zero attached hydrogens (tertiary/aromatic N) is 3. The van der Waals surface area contributed by atoms with Crippen molar-refractivity contribution in [2.75, 3.05) is 12.4 Å². The van der Waals surface area contributed by atoms with Crippen molar-refractivity contribution in [3.63, 3.8) is 0 Å². The van der Waals surface area contributed by atoms with Crippen molar-refractivity contribution in [3.05, 3.63) is 80.7 Å². The maximum Gasteiger partial charge on any atom is 0.263 e. The van der Waals surface area contributed by atoms with Crippen LogP contribution in [0.4, 0.5) is 10.1 Å². The molecule has 0 saturated heterocycles. The summed E-state index contributed by atoms with van der Waals surface area (Å²) in [6, 6.07) is 11.9. The molecule has 3 heterocycles. The molecule has 0 radical (unpaired) electrons. The van der Waals surface area contributed by atoms with Gasteiger partial charge in [-0.05, 0) is 53.9 Å². The molecule has 5 rings (SSSR count). The highest BCUT2D eigenvalue weighted by Gasteiger charge is 2.28. The van der Waals surface area contributed by atoms with Gasteiger partial charge in [-0.1, -0.05) is 11.6 Å². The summed E-state index contributed by atoms with van der Waals surface area (Å²) < 4.78 is 43.3. The van der Waals surface area contributed by atoms with Gasteiger partial charge in [0, 0.05) is 24.3 Å². The maximum absolute atomic E-state index is 15.0. The van der Waals surface area contributed by atoms with E-state index in [0.717, 1.165) is 27.6 Å². The standard InChI is InChI=1S/C22H16ClFN4O4S3/c1-27(35(31,32)20-5-4-19(23)34-20)22(30)26-13-2-3-17(15(24)9-13)28-7-6-12-8-16-18(33-11-25-16)10-14(12)21(28)29/h2-11,22,26,30H,1H3. The second kappa shape index (κ2) is 8.97. The molecule has 3 aromatic heterocycles. The molecule has 0 fully saturated rings. The summed E-state index contributed by atoms with van der Waals surface area (Å²) >= 11 is 8.08. The molecule has 0 bridgehead atoms. The molecule has 0 aliphatic heterocycles. The van der Waals surface area contributed by atoms with Crippen molar-refractivity contribution in [2.45, 2.75) is 10.6 Å². The Bertz CT molecular complexity index is 1750. The molecule has 0 amide bonds. The largest absolute Gasteiger partial charge is 0.360 e. The maximum atomic E-state index is 15.0. The Balaban J connectivity index is 1.42. The van der Waals surface area contributed by atoms with E-state index in [4.69, 9.17) is 11.6 Å². The fraction of sp³-hybridized carbons (Fsp3) is 0.0909. The zero-order valence-electron chi connectivity index (χ0n) is 17.8. The summed E-state index contributed by atoms with van der Waals surface area (Å²) in [5.74, 6) is -0.738. The second-order valence-corrected chi connectivity index (χ2v) is 12.3. The molecular formula is C22H16ClFN4O4S3. The average molecular weight is 551 g/mol. The Morgan fingerprint density at radius 3 is 2.71 bits per heavy atom. The molecule has 13 heteroatoms. The van der Waals surface area contributed by atoms with Crippen LogP contribution in [0.1, 0.15) is 0 Å². The van der Waals surface area contributed by atoms with E-state index >= 15 is 4.39 Å². The Morgan fingerprint density at radius 1 is 1.20 bits per heavy atom. The fourth-order valence-corrected chi connectivity index (χ4v) is 7.02. The van der Waals surface area contributed by atoms with Gasteiger partial charge in [-0.15, -0.1) is 22.7 Å². The lowest BCUT2D eigenvalue weighted by molar-refractivity contribution is 0.105. The van der Waals surface area contributed by atoms with E-state index in [9.17, 15) is 18.3 Å². The van der Waals surface area contributed by atoms with Gasteiger partial charge in [-0.3, -0.25) is 9.36 Å². The zero-order valence-corrected chi connectivity index (χ0v) is 21.1. The number of fused-ring (bicyclic) bond motifs is 2. The predicted octanol–water partition coefficient (Wildman–Crippen LogP) is 4.46. The lowest BCUT2D eigenvalue weighted by atomic mass is 10.1. The number of thiophene rings is 1. The first kappa shape index (κ1) is 23.9. The van der Waals surface area contributed by atoms with E-state index in [1.165, 1.54) is 53.4 Å². The number of anilines is 1. The summed E-state index contributed by atoms with van der Waals surface area (Å²) in [5.41, 5.74) is 2.22. The highest BCUT2D eigenvalue weighted by molar-refractivity contribution is 7.91. The van der Waals surface area contributed by atoms with Gasteiger partial charge in [0.25, 0.3) is 15.6 Å². The third kappa shape index (κ3) is 4.33. The van der Waals surface area contributed by atoms with Crippen LogP contribution in [-0.4, -0.2) is 40.8 Å². The molecule has 0 saturated carbocycles. The number of hydrogen-bond donors (Lipinski definition) is 2. The van der Waals surface area contributed by atoms with E-state index in [2.05, 4.69) is 10.3 Å². The first-order valence-corrected chi connectivity index (χ1v) is 13.5. The monoisotopic (exact) mass is 550 g/mol. The number of sulfonamides is 1. The molecule has 2 N–H and O–H groups in total. The average Bonchev–Trinajstić information content (AvgIpc) is 3.47. The minimum absolute atomic E-state index is 0.00976. The summed E-state index contributed by atoms with van der Waals surface area (Å²) in [7, 11) is -2.84. The van der Waals surface area contributed by atoms with Crippen molar-refractivity contribution in [2.24, 2.45) is 0 Å². The van der Waals surface area contributed by atoms with E-state index in [0.29, 0.717) is 15.1 Å². The lowest BCUT2D eigenvalue weighted by Crippen LogP contribution is -2.41. The highest BCUT2D eigenvalue weighted by Crippen LogP contribution is 2.29. The Kier molecular flexibility index (Phi) is 6.11. The first-order valence-electron chi connectivity index (χ1n) is 10.0. The second-order valence-electron chi connectivity index (χ2n) is 7.51. The molecular weight excluding hydrogens is 535 g/mol. The van der Waals surface area contributed by atoms with Crippen molar-refractivity contribution >= 4 is 71.0 Å². The van der Waals surface area contributed by atoms with E-state index in [1.54, 1.807) is 17.6 Å². The van der Waals surface area contributed by atoms with Crippen LogP contribution in [-0.2, 0) is 10.0 Å². The van der Waals surface area contributed by atoms with Gasteiger partial charge in [0.15, 0.2) is 6.35 Å². The molecule has 180 valence electrons. The van der Waals surface area contributed by atoms with Crippen LogP contribution in [0.3, 0.4) is 0 Å². The van der Waals surface area contributed by atoms with Crippen LogP contribution >= 0.6 is 34.3 Å². The summed E-state index contributed by atoms with van der Waals surface area (Å²) in [4.78, 5) is 17.3. The number of nitrogens with one attached hydrogen (secondary N) is 1. The number of thiazole rings is 1. The molecule has 8 nitrogen and oxygen atoms in total. The van der Waals surface area contributed by atoms with Crippen molar-refractivity contribution < 1.29 is 17.9 Å². The Labute approximate surface area is 211 Å². The molecule has 0 spiro atoms. The first-order chi connectivity index (χ1) is 16.6. The number of aromatic nitrogens is 2. The lowest BCUT2D eigenvalue weighted by Gasteiger charge is -2.24. The number of rotatable bonds is 6. The van der Waals surface area contributed by atoms with Gasteiger partial charge in [0.05, 0.1) is 25.8 Å². The van der Waals surface area contributed by atoms with E-state index in [1.807, 2.05) is 6.07 Å². The number of halogens is 2. The molecule has 5 aromatic rings. The molecule has 35 heavy (non-hydrogen) atoms. The molecule has 2 aromatic carbocycles. The Hall–Kier alpha value is -2.87. The molecule has 1 atom stereocenters. The number of benzene rings is 2. The van der Waals surface area contributed by atoms with Crippen LogP contribution in [0.5, 0.6) is 0 Å². The molecule has 1 unspecified atom stereocenters. The van der Waals surface area contributed by atoms with Crippen LogP contribution in [0.2, 0.25) is 4.34 Å². The van der Waals surface area contributed by atoms with Gasteiger partial charge in [0.2, 0.25) is 0 Å². The minimum atomic E-state index is -4.02. The van der Waals surface area contributed by atoms with E-state index in [-0.39, 0.29) is 19.9 Å². The Morgan fingerprint density at radius 2 is 2.00 bits per heavy atom. The highest BCUT2D eigenvalue weighted by atomic mass is 35.5. The van der Waals surface area contributed by atoms with Gasteiger partial charge in [0.1, 0.15) is 10.0 Å². The van der Waals surface area contributed by atoms with Gasteiger partial charge in [-0.25, -0.2) is 17.8 Å². The smallest absolute Gasteiger partial charge is 0.263 e. The fourth-order valence-electron chi connectivity index (χ4n) is 3.53. The zero-order chi connectivity index (χ0) is 24.9. The molecule has 0 aliphatic carbocycles. The number of hydrogen-bond acceptors (Lipinski definition) is 8. The SMILES string of the molecule is CN(C(O)Nc1ccc(-n2ccc3cc4ncsc4cc3c2=O)c(F)c1)S(=O)(=O)c1ccc(Cl)s1. The topological polar surface area (TPSA) is 105 Å². The quantitative estimate of drug-likeness (QED) is 0.302. The molecule has 0 aliphatic rings. The van der Waals surface area contributed by atoms with Gasteiger partial charge < -0.3 is 10.4 Å². The van der Waals surface area contributed by atoms with Crippen molar-refractivity contribution in [1.29, 1.82) is 0 Å². The van der Waals surface area contributed by atoms with Crippen LogP contribution in [0.15, 0.2) is 69.2 Å².